The minimum absolute atomic E-state index is 0.0373. The third-order valence-corrected chi connectivity index (χ3v) is 3.06. The van der Waals surface area contributed by atoms with Crippen LogP contribution in [0.3, 0.4) is 0 Å². The van der Waals surface area contributed by atoms with Gasteiger partial charge in [0.05, 0.1) is 13.0 Å². The number of unbranched alkanes of at least 4 members (excludes halogenated alkanes) is 7. The Labute approximate surface area is 123 Å². The molecule has 3 heteroatoms. The van der Waals surface area contributed by atoms with Gasteiger partial charge in [0.15, 0.2) is 0 Å². The molecule has 0 saturated heterocycles. The van der Waals surface area contributed by atoms with Crippen molar-refractivity contribution in [2.75, 3.05) is 13.2 Å². The molecule has 0 aromatic rings. The molecule has 0 radical (unpaired) electrons. The SMILES string of the molecule is CCCCCCCCCCOCCC=C=CCC(=O)O. The van der Waals surface area contributed by atoms with Crippen LogP contribution in [0.1, 0.15) is 71.1 Å². The van der Waals surface area contributed by atoms with Gasteiger partial charge in [-0.25, -0.2) is 0 Å². The van der Waals surface area contributed by atoms with Crippen LogP contribution in [0.4, 0.5) is 0 Å². The summed E-state index contributed by atoms with van der Waals surface area (Å²) in [6.45, 7) is 3.78. The fourth-order valence-electron chi connectivity index (χ4n) is 1.90. The summed E-state index contributed by atoms with van der Waals surface area (Å²) in [5.74, 6) is -0.822. The van der Waals surface area contributed by atoms with Crippen LogP contribution in [0.2, 0.25) is 0 Å². The summed E-state index contributed by atoms with van der Waals surface area (Å²) in [6.07, 6.45) is 14.7. The van der Waals surface area contributed by atoms with Gasteiger partial charge < -0.3 is 9.84 Å². The molecule has 0 rings (SSSR count). The standard InChI is InChI=1S/C17H30O3/c1-2-3-4-5-6-7-9-12-15-20-16-13-10-8-11-14-17(18)19/h10-11H,2-7,9,12-16H2,1H3,(H,18,19). The highest BCUT2D eigenvalue weighted by Gasteiger charge is 1.92. The second-order valence-corrected chi connectivity index (χ2v) is 5.05. The lowest BCUT2D eigenvalue weighted by Gasteiger charge is -2.02. The van der Waals surface area contributed by atoms with E-state index >= 15 is 0 Å². The number of aliphatic carboxylic acids is 1. The zero-order valence-corrected chi connectivity index (χ0v) is 12.9. The van der Waals surface area contributed by atoms with Crippen molar-refractivity contribution in [3.8, 4) is 0 Å². The summed E-state index contributed by atoms with van der Waals surface area (Å²) in [5.41, 5.74) is 2.84. The number of carboxylic acids is 1. The van der Waals surface area contributed by atoms with Crippen LogP contribution < -0.4 is 0 Å². The zero-order chi connectivity index (χ0) is 14.9. The Bertz CT molecular complexity index is 278. The Morgan fingerprint density at radius 2 is 1.65 bits per heavy atom. The minimum atomic E-state index is -0.822. The highest BCUT2D eigenvalue weighted by Crippen LogP contribution is 2.08. The monoisotopic (exact) mass is 282 g/mol. The lowest BCUT2D eigenvalue weighted by molar-refractivity contribution is -0.135. The summed E-state index contributed by atoms with van der Waals surface area (Å²) >= 11 is 0. The smallest absolute Gasteiger partial charge is 0.307 e. The van der Waals surface area contributed by atoms with E-state index in [2.05, 4.69) is 12.7 Å². The molecule has 0 fully saturated rings. The van der Waals surface area contributed by atoms with E-state index in [1.807, 2.05) is 6.08 Å². The molecule has 0 bridgehead atoms. The van der Waals surface area contributed by atoms with E-state index in [0.717, 1.165) is 19.4 Å². The van der Waals surface area contributed by atoms with Crippen LogP contribution in [0, 0.1) is 0 Å². The molecule has 3 nitrogen and oxygen atoms in total. The van der Waals surface area contributed by atoms with Crippen molar-refractivity contribution in [1.29, 1.82) is 0 Å². The van der Waals surface area contributed by atoms with E-state index in [9.17, 15) is 4.79 Å². The van der Waals surface area contributed by atoms with Gasteiger partial charge in [-0.1, -0.05) is 51.9 Å². The number of rotatable bonds is 14. The number of carbonyl (C=O) groups is 1. The Morgan fingerprint density at radius 3 is 2.30 bits per heavy atom. The molecule has 0 saturated carbocycles. The van der Waals surface area contributed by atoms with Crippen LogP contribution in [0.25, 0.3) is 0 Å². The van der Waals surface area contributed by atoms with Crippen molar-refractivity contribution in [2.45, 2.75) is 71.1 Å². The van der Waals surface area contributed by atoms with E-state index in [-0.39, 0.29) is 6.42 Å². The maximum Gasteiger partial charge on any atom is 0.307 e. The molecule has 0 aromatic carbocycles. The lowest BCUT2D eigenvalue weighted by atomic mass is 10.1. The number of carboxylic acid groups (broad SMARTS) is 1. The number of ether oxygens (including phenoxy) is 1. The molecule has 0 aliphatic carbocycles. The Kier molecular flexibility index (Phi) is 15.2. The summed E-state index contributed by atoms with van der Waals surface area (Å²) in [6, 6.07) is 0. The van der Waals surface area contributed by atoms with Gasteiger partial charge in [0.2, 0.25) is 0 Å². The number of hydrogen-bond acceptors (Lipinski definition) is 2. The molecule has 0 atom stereocenters. The fraction of sp³-hybridized carbons (Fsp3) is 0.765. The van der Waals surface area contributed by atoms with Crippen LogP contribution in [0.15, 0.2) is 17.9 Å². The highest BCUT2D eigenvalue weighted by molar-refractivity contribution is 5.68. The molecule has 0 unspecified atom stereocenters. The van der Waals surface area contributed by atoms with Gasteiger partial charge >= 0.3 is 5.97 Å². The largest absolute Gasteiger partial charge is 0.481 e. The van der Waals surface area contributed by atoms with E-state index < -0.39 is 5.97 Å². The predicted molar refractivity (Wildman–Crippen MR) is 83.0 cm³/mol. The molecular weight excluding hydrogens is 252 g/mol. The van der Waals surface area contributed by atoms with E-state index in [0.29, 0.717) is 6.61 Å². The van der Waals surface area contributed by atoms with Crippen LogP contribution in [0.5, 0.6) is 0 Å². The van der Waals surface area contributed by atoms with Gasteiger partial charge in [-0.15, -0.1) is 5.73 Å². The molecule has 0 aromatic heterocycles. The molecule has 0 aliphatic heterocycles. The first kappa shape index (κ1) is 18.9. The van der Waals surface area contributed by atoms with E-state index in [4.69, 9.17) is 9.84 Å². The molecule has 0 heterocycles. The van der Waals surface area contributed by atoms with Crippen molar-refractivity contribution in [1.82, 2.24) is 0 Å². The predicted octanol–water partition coefficient (Wildman–Crippen LogP) is 4.72. The maximum absolute atomic E-state index is 10.2. The molecular formula is C17H30O3. The van der Waals surface area contributed by atoms with Crippen molar-refractivity contribution in [2.24, 2.45) is 0 Å². The fourth-order valence-corrected chi connectivity index (χ4v) is 1.90. The average molecular weight is 282 g/mol. The van der Waals surface area contributed by atoms with Gasteiger partial charge in [-0.05, 0) is 25.0 Å². The zero-order valence-electron chi connectivity index (χ0n) is 12.9. The molecule has 116 valence electrons. The number of hydrogen-bond donors (Lipinski definition) is 1. The maximum atomic E-state index is 10.2. The van der Waals surface area contributed by atoms with Gasteiger partial charge in [-0.3, -0.25) is 4.79 Å². The van der Waals surface area contributed by atoms with Crippen molar-refractivity contribution in [3.63, 3.8) is 0 Å². The van der Waals surface area contributed by atoms with Crippen LogP contribution >= 0.6 is 0 Å². The summed E-state index contributed by atoms with van der Waals surface area (Å²) in [5, 5.41) is 8.41. The lowest BCUT2D eigenvalue weighted by Crippen LogP contribution is -1.95. The Morgan fingerprint density at radius 1 is 1.00 bits per heavy atom. The summed E-state index contributed by atoms with van der Waals surface area (Å²) in [7, 11) is 0. The molecule has 1 N–H and O–H groups in total. The van der Waals surface area contributed by atoms with Gasteiger partial charge in [-0.2, -0.15) is 0 Å². The normalized spacial score (nSPS) is 10.1. The minimum Gasteiger partial charge on any atom is -0.481 e. The van der Waals surface area contributed by atoms with Crippen molar-refractivity contribution < 1.29 is 14.6 Å². The van der Waals surface area contributed by atoms with E-state index in [1.165, 1.54) is 51.0 Å². The molecule has 20 heavy (non-hydrogen) atoms. The second kappa shape index (κ2) is 16.0. The van der Waals surface area contributed by atoms with Crippen molar-refractivity contribution >= 4 is 5.97 Å². The highest BCUT2D eigenvalue weighted by atomic mass is 16.5. The van der Waals surface area contributed by atoms with Gasteiger partial charge in [0, 0.05) is 6.61 Å². The molecule has 0 spiro atoms. The molecule has 0 aliphatic rings. The Balaban J connectivity index is 3.13. The second-order valence-electron chi connectivity index (χ2n) is 5.05. The topological polar surface area (TPSA) is 46.5 Å². The third-order valence-electron chi connectivity index (χ3n) is 3.06. The summed E-state index contributed by atoms with van der Waals surface area (Å²) in [4.78, 5) is 10.2. The first-order valence-electron chi connectivity index (χ1n) is 7.96. The first-order valence-corrected chi connectivity index (χ1v) is 7.96. The average Bonchev–Trinajstić information content (AvgIpc) is 2.43. The third kappa shape index (κ3) is 16.9. The van der Waals surface area contributed by atoms with Crippen LogP contribution in [-0.4, -0.2) is 24.3 Å². The van der Waals surface area contributed by atoms with Crippen molar-refractivity contribution in [3.05, 3.63) is 17.9 Å². The van der Waals surface area contributed by atoms with E-state index in [1.54, 1.807) is 0 Å². The van der Waals surface area contributed by atoms with Crippen LogP contribution in [-0.2, 0) is 9.53 Å². The molecule has 0 amide bonds. The van der Waals surface area contributed by atoms with Gasteiger partial charge in [0.1, 0.15) is 0 Å². The summed E-state index contributed by atoms with van der Waals surface area (Å²) < 4.78 is 5.50. The first-order chi connectivity index (χ1) is 9.77. The van der Waals surface area contributed by atoms with Gasteiger partial charge in [0.25, 0.3) is 0 Å². The Hall–Kier alpha value is -1.05. The quantitative estimate of drug-likeness (QED) is 0.370.